The van der Waals surface area contributed by atoms with Gasteiger partial charge in [-0.05, 0) is 31.5 Å². The van der Waals surface area contributed by atoms with E-state index in [2.05, 4.69) is 0 Å². The van der Waals surface area contributed by atoms with Crippen LogP contribution in [0.15, 0.2) is 18.2 Å². The van der Waals surface area contributed by atoms with Gasteiger partial charge in [0.05, 0.1) is 12.8 Å². The smallest absolute Gasteiger partial charge is 0.328 e. The molecule has 0 saturated heterocycles. The lowest BCUT2D eigenvalue weighted by atomic mass is 10.1. The number of anilines is 1. The molecule has 1 aliphatic heterocycles. The fourth-order valence-electron chi connectivity index (χ4n) is 2.32. The zero-order valence-electron chi connectivity index (χ0n) is 12.2. The number of ketones is 1. The van der Waals surface area contributed by atoms with Crippen molar-refractivity contribution in [2.45, 2.75) is 26.3 Å². The summed E-state index contributed by atoms with van der Waals surface area (Å²) in [5.41, 5.74) is 0.882. The molecule has 6 heteroatoms. The molecule has 1 unspecified atom stereocenters. The van der Waals surface area contributed by atoms with Gasteiger partial charge in [-0.3, -0.25) is 14.5 Å². The van der Waals surface area contributed by atoms with Gasteiger partial charge < -0.3 is 9.47 Å². The van der Waals surface area contributed by atoms with Gasteiger partial charge >= 0.3 is 5.97 Å². The minimum absolute atomic E-state index is 0.123. The first-order valence-electron chi connectivity index (χ1n) is 6.67. The van der Waals surface area contributed by atoms with Gasteiger partial charge in [0.15, 0.2) is 12.4 Å². The summed E-state index contributed by atoms with van der Waals surface area (Å²) < 4.78 is 10.1. The molecule has 21 heavy (non-hydrogen) atoms. The third-order valence-electron chi connectivity index (χ3n) is 3.42. The third-order valence-corrected chi connectivity index (χ3v) is 3.42. The Morgan fingerprint density at radius 3 is 2.71 bits per heavy atom. The van der Waals surface area contributed by atoms with Crippen LogP contribution in [-0.4, -0.2) is 37.4 Å². The Balaban J connectivity index is 2.52. The normalized spacial score (nSPS) is 15.0. The molecule has 1 aliphatic rings. The quantitative estimate of drug-likeness (QED) is 0.622. The van der Waals surface area contributed by atoms with Gasteiger partial charge in [0.1, 0.15) is 11.8 Å². The Morgan fingerprint density at radius 2 is 2.14 bits per heavy atom. The van der Waals surface area contributed by atoms with Crippen LogP contribution in [0, 0.1) is 0 Å². The molecule has 2 rings (SSSR count). The van der Waals surface area contributed by atoms with E-state index in [-0.39, 0.29) is 18.3 Å². The Hall–Kier alpha value is -2.37. The molecule has 0 fully saturated rings. The van der Waals surface area contributed by atoms with Crippen molar-refractivity contribution >= 4 is 23.3 Å². The summed E-state index contributed by atoms with van der Waals surface area (Å²) >= 11 is 0. The number of carbonyl (C=O) groups excluding carboxylic acids is 3. The number of amides is 1. The van der Waals surface area contributed by atoms with Crippen molar-refractivity contribution in [2.75, 3.05) is 18.6 Å². The number of fused-ring (bicyclic) bond motifs is 1. The highest BCUT2D eigenvalue weighted by Gasteiger charge is 2.35. The molecule has 1 aromatic rings. The van der Waals surface area contributed by atoms with Crippen LogP contribution in [-0.2, 0) is 14.3 Å². The molecule has 1 amide bonds. The second-order valence-electron chi connectivity index (χ2n) is 4.74. The number of rotatable bonds is 4. The predicted molar refractivity (Wildman–Crippen MR) is 75.5 cm³/mol. The number of hydrogen-bond acceptors (Lipinski definition) is 5. The second kappa shape index (κ2) is 5.95. The number of methoxy groups -OCH3 is 1. The molecular weight excluding hydrogens is 274 g/mol. The maximum absolute atomic E-state index is 12.2. The first-order valence-corrected chi connectivity index (χ1v) is 6.67. The molecular formula is C15H17NO5. The molecule has 0 spiro atoms. The largest absolute Gasteiger partial charge is 0.482 e. The standard InChI is InChI=1S/C15H17NO5/c1-4-11(15(19)20-3)16-12-7-10(9(2)17)5-6-13(12)21-8-14(16)18/h5-7,11H,4,8H2,1-3H3. The van der Waals surface area contributed by atoms with Gasteiger partial charge in [-0.15, -0.1) is 0 Å². The Kier molecular flexibility index (Phi) is 4.26. The molecule has 0 aliphatic carbocycles. The monoisotopic (exact) mass is 291 g/mol. The maximum atomic E-state index is 12.2. The number of hydrogen-bond donors (Lipinski definition) is 0. The highest BCUT2D eigenvalue weighted by atomic mass is 16.5. The minimum Gasteiger partial charge on any atom is -0.482 e. The van der Waals surface area contributed by atoms with Crippen LogP contribution >= 0.6 is 0 Å². The third kappa shape index (κ3) is 2.74. The van der Waals surface area contributed by atoms with Crippen LogP contribution in [0.25, 0.3) is 0 Å². The van der Waals surface area contributed by atoms with Gasteiger partial charge in [-0.1, -0.05) is 6.92 Å². The second-order valence-corrected chi connectivity index (χ2v) is 4.74. The van der Waals surface area contributed by atoms with E-state index in [0.717, 1.165) is 0 Å². The first kappa shape index (κ1) is 15.0. The Bertz CT molecular complexity index is 596. The molecule has 0 radical (unpaired) electrons. The van der Waals surface area contributed by atoms with E-state index in [9.17, 15) is 14.4 Å². The average Bonchev–Trinajstić information content (AvgIpc) is 2.49. The summed E-state index contributed by atoms with van der Waals surface area (Å²) in [4.78, 5) is 36.9. The SMILES string of the molecule is CCC(C(=O)OC)N1C(=O)COc2ccc(C(C)=O)cc21. The number of carbonyl (C=O) groups is 3. The molecule has 1 heterocycles. The van der Waals surface area contributed by atoms with Gasteiger partial charge in [0.25, 0.3) is 5.91 Å². The number of esters is 1. The summed E-state index contributed by atoms with van der Waals surface area (Å²) in [6.45, 7) is 3.09. The molecule has 1 aromatic carbocycles. The molecule has 112 valence electrons. The van der Waals surface area contributed by atoms with Crippen molar-refractivity contribution in [3.05, 3.63) is 23.8 Å². The average molecular weight is 291 g/mol. The molecule has 0 bridgehead atoms. The summed E-state index contributed by atoms with van der Waals surface area (Å²) in [5.74, 6) is -0.476. The van der Waals surface area contributed by atoms with Crippen LogP contribution in [0.2, 0.25) is 0 Å². The van der Waals surface area contributed by atoms with E-state index in [1.807, 2.05) is 0 Å². The topological polar surface area (TPSA) is 72.9 Å². The zero-order valence-corrected chi connectivity index (χ0v) is 12.2. The molecule has 1 atom stereocenters. The lowest BCUT2D eigenvalue weighted by Crippen LogP contribution is -2.49. The Morgan fingerprint density at radius 1 is 1.43 bits per heavy atom. The van der Waals surface area contributed by atoms with Crippen molar-refractivity contribution in [1.29, 1.82) is 0 Å². The zero-order chi connectivity index (χ0) is 15.6. The number of ether oxygens (including phenoxy) is 2. The van der Waals surface area contributed by atoms with Crippen LogP contribution in [0.1, 0.15) is 30.6 Å². The van der Waals surface area contributed by atoms with E-state index in [0.29, 0.717) is 23.4 Å². The number of benzene rings is 1. The number of nitrogens with zero attached hydrogens (tertiary/aromatic N) is 1. The van der Waals surface area contributed by atoms with Gasteiger partial charge in [0.2, 0.25) is 0 Å². The van der Waals surface area contributed by atoms with Gasteiger partial charge in [-0.25, -0.2) is 4.79 Å². The van der Waals surface area contributed by atoms with Crippen molar-refractivity contribution in [3.8, 4) is 5.75 Å². The maximum Gasteiger partial charge on any atom is 0.328 e. The van der Waals surface area contributed by atoms with Crippen LogP contribution in [0.4, 0.5) is 5.69 Å². The molecule has 0 aromatic heterocycles. The van der Waals surface area contributed by atoms with E-state index in [4.69, 9.17) is 9.47 Å². The van der Waals surface area contributed by atoms with Crippen LogP contribution in [0.5, 0.6) is 5.75 Å². The van der Waals surface area contributed by atoms with Gasteiger partial charge in [-0.2, -0.15) is 0 Å². The predicted octanol–water partition coefficient (Wildman–Crippen LogP) is 1.57. The van der Waals surface area contributed by atoms with Crippen molar-refractivity contribution < 1.29 is 23.9 Å². The first-order chi connectivity index (χ1) is 9.99. The van der Waals surface area contributed by atoms with E-state index < -0.39 is 12.0 Å². The highest BCUT2D eigenvalue weighted by Crippen LogP contribution is 2.35. The van der Waals surface area contributed by atoms with Crippen LogP contribution in [0.3, 0.4) is 0 Å². The van der Waals surface area contributed by atoms with Gasteiger partial charge in [0, 0.05) is 5.56 Å². The van der Waals surface area contributed by atoms with E-state index in [1.54, 1.807) is 25.1 Å². The lowest BCUT2D eigenvalue weighted by Gasteiger charge is -2.34. The fourth-order valence-corrected chi connectivity index (χ4v) is 2.32. The summed E-state index contributed by atoms with van der Waals surface area (Å²) in [7, 11) is 1.28. The lowest BCUT2D eigenvalue weighted by molar-refractivity contribution is -0.144. The van der Waals surface area contributed by atoms with E-state index >= 15 is 0 Å². The van der Waals surface area contributed by atoms with Crippen LogP contribution < -0.4 is 9.64 Å². The Labute approximate surface area is 122 Å². The van der Waals surface area contributed by atoms with E-state index in [1.165, 1.54) is 18.9 Å². The molecule has 6 nitrogen and oxygen atoms in total. The summed E-state index contributed by atoms with van der Waals surface area (Å²) in [5, 5.41) is 0. The molecule has 0 N–H and O–H groups in total. The summed E-state index contributed by atoms with van der Waals surface area (Å²) in [6, 6.07) is 4.11. The fraction of sp³-hybridized carbons (Fsp3) is 0.400. The minimum atomic E-state index is -0.729. The summed E-state index contributed by atoms with van der Waals surface area (Å²) in [6.07, 6.45) is 0.405. The molecule has 0 saturated carbocycles. The number of Topliss-reactive ketones (excluding diaryl/α,β-unsaturated/α-hetero) is 1. The van der Waals surface area contributed by atoms with Crippen molar-refractivity contribution in [3.63, 3.8) is 0 Å². The highest BCUT2D eigenvalue weighted by molar-refractivity contribution is 6.04. The van der Waals surface area contributed by atoms with Crippen molar-refractivity contribution in [2.24, 2.45) is 0 Å². The van der Waals surface area contributed by atoms with Crippen molar-refractivity contribution in [1.82, 2.24) is 0 Å².